The molecule has 1 aromatic heterocycles. The zero-order chi connectivity index (χ0) is 13.3. The summed E-state index contributed by atoms with van der Waals surface area (Å²) in [4.78, 5) is 22.3. The van der Waals surface area contributed by atoms with Gasteiger partial charge in [0.2, 0.25) is 0 Å². The van der Waals surface area contributed by atoms with E-state index in [0.29, 0.717) is 5.56 Å². The van der Waals surface area contributed by atoms with Crippen LogP contribution in [0.25, 0.3) is 11.1 Å². The third kappa shape index (κ3) is 2.23. The maximum Gasteiger partial charge on any atom is 0.335 e. The summed E-state index contributed by atoms with van der Waals surface area (Å²) in [5.74, 6) is -1.17. The number of nitro benzene ring substituents is 1. The molecule has 1 heterocycles. The van der Waals surface area contributed by atoms with Gasteiger partial charge in [-0.15, -0.1) is 11.3 Å². The Morgan fingerprint density at radius 3 is 2.61 bits per heavy atom. The van der Waals surface area contributed by atoms with Crippen molar-refractivity contribution >= 4 is 23.0 Å². The second-order valence-electron chi connectivity index (χ2n) is 3.74. The number of benzene rings is 1. The largest absolute Gasteiger partial charge is 0.478 e. The lowest BCUT2D eigenvalue weighted by molar-refractivity contribution is -0.384. The molecule has 6 heteroatoms. The van der Waals surface area contributed by atoms with Gasteiger partial charge in [0.1, 0.15) is 0 Å². The second-order valence-corrected chi connectivity index (χ2v) is 4.86. The van der Waals surface area contributed by atoms with Crippen molar-refractivity contribution in [2.24, 2.45) is 0 Å². The number of hydrogen-bond acceptors (Lipinski definition) is 4. The second kappa shape index (κ2) is 4.58. The highest BCUT2D eigenvalue weighted by Crippen LogP contribution is 2.33. The zero-order valence-corrected chi connectivity index (χ0v) is 10.2. The lowest BCUT2D eigenvalue weighted by Crippen LogP contribution is -1.99. The van der Waals surface area contributed by atoms with Crippen molar-refractivity contribution in [3.8, 4) is 11.1 Å². The number of hydrogen-bond donors (Lipinski definition) is 1. The fraction of sp³-hybridized carbons (Fsp3) is 0.0833. The quantitative estimate of drug-likeness (QED) is 0.680. The van der Waals surface area contributed by atoms with E-state index >= 15 is 0 Å². The standard InChI is InChI=1S/C12H9NO4S/c1-7-4-9(6-18-7)10-3-2-8(12(14)15)5-11(10)13(16)17/h2-6H,1H3,(H,14,15). The molecule has 1 aromatic carbocycles. The van der Waals surface area contributed by atoms with Crippen LogP contribution in [0.15, 0.2) is 29.6 Å². The molecular formula is C12H9NO4S. The number of carboxylic acid groups (broad SMARTS) is 1. The minimum atomic E-state index is -1.17. The molecular weight excluding hydrogens is 254 g/mol. The predicted molar refractivity (Wildman–Crippen MR) is 68.1 cm³/mol. The van der Waals surface area contributed by atoms with Gasteiger partial charge < -0.3 is 5.11 Å². The van der Waals surface area contributed by atoms with Crippen molar-refractivity contribution in [1.29, 1.82) is 0 Å². The number of carboxylic acids is 1. The van der Waals surface area contributed by atoms with Gasteiger partial charge in [0, 0.05) is 10.9 Å². The van der Waals surface area contributed by atoms with E-state index < -0.39 is 10.9 Å². The molecule has 0 saturated heterocycles. The molecule has 0 aliphatic heterocycles. The molecule has 5 nitrogen and oxygen atoms in total. The topological polar surface area (TPSA) is 80.4 Å². The van der Waals surface area contributed by atoms with Crippen LogP contribution in [-0.4, -0.2) is 16.0 Å². The van der Waals surface area contributed by atoms with Crippen molar-refractivity contribution in [1.82, 2.24) is 0 Å². The van der Waals surface area contributed by atoms with Gasteiger partial charge in [-0.2, -0.15) is 0 Å². The third-order valence-electron chi connectivity index (χ3n) is 2.48. The first kappa shape index (κ1) is 12.3. The molecule has 0 unspecified atom stereocenters. The maximum absolute atomic E-state index is 11.0. The van der Waals surface area contributed by atoms with Crippen LogP contribution in [0.2, 0.25) is 0 Å². The highest BCUT2D eigenvalue weighted by atomic mass is 32.1. The zero-order valence-electron chi connectivity index (χ0n) is 9.41. The van der Waals surface area contributed by atoms with E-state index in [1.54, 1.807) is 0 Å². The van der Waals surface area contributed by atoms with Crippen molar-refractivity contribution in [3.63, 3.8) is 0 Å². The number of carbonyl (C=O) groups is 1. The smallest absolute Gasteiger partial charge is 0.335 e. The van der Waals surface area contributed by atoms with Crippen molar-refractivity contribution < 1.29 is 14.8 Å². The summed E-state index contributed by atoms with van der Waals surface area (Å²) in [5.41, 5.74) is 0.903. The molecule has 0 amide bonds. The Hall–Kier alpha value is -2.21. The van der Waals surface area contributed by atoms with Crippen LogP contribution in [0.1, 0.15) is 15.2 Å². The number of nitro groups is 1. The van der Waals surface area contributed by atoms with Gasteiger partial charge in [-0.3, -0.25) is 10.1 Å². The fourth-order valence-corrected chi connectivity index (χ4v) is 2.35. The molecule has 0 atom stereocenters. The van der Waals surface area contributed by atoms with E-state index in [-0.39, 0.29) is 11.3 Å². The highest BCUT2D eigenvalue weighted by Gasteiger charge is 2.18. The Morgan fingerprint density at radius 1 is 1.39 bits per heavy atom. The first-order valence-corrected chi connectivity index (χ1v) is 5.94. The minimum Gasteiger partial charge on any atom is -0.478 e. The van der Waals surface area contributed by atoms with Gasteiger partial charge in [0.15, 0.2) is 0 Å². The molecule has 0 aliphatic carbocycles. The summed E-state index contributed by atoms with van der Waals surface area (Å²) >= 11 is 1.49. The van der Waals surface area contributed by atoms with Crippen LogP contribution in [0.4, 0.5) is 5.69 Å². The van der Waals surface area contributed by atoms with Gasteiger partial charge in [-0.05, 0) is 36.1 Å². The Labute approximate surface area is 106 Å². The van der Waals surface area contributed by atoms with Crippen molar-refractivity contribution in [2.45, 2.75) is 6.92 Å². The van der Waals surface area contributed by atoms with Gasteiger partial charge >= 0.3 is 5.97 Å². The molecule has 2 rings (SSSR count). The van der Waals surface area contributed by atoms with E-state index in [9.17, 15) is 14.9 Å². The average molecular weight is 263 g/mol. The Morgan fingerprint density at radius 2 is 2.11 bits per heavy atom. The molecule has 0 fully saturated rings. The first-order valence-electron chi connectivity index (χ1n) is 5.06. The summed E-state index contributed by atoms with van der Waals surface area (Å²) in [7, 11) is 0. The summed E-state index contributed by atoms with van der Waals surface area (Å²) in [6.07, 6.45) is 0. The summed E-state index contributed by atoms with van der Waals surface area (Å²) in [6, 6.07) is 5.78. The first-order chi connectivity index (χ1) is 8.49. The molecule has 0 aliphatic rings. The molecule has 0 bridgehead atoms. The monoisotopic (exact) mass is 263 g/mol. The third-order valence-corrected chi connectivity index (χ3v) is 3.34. The van der Waals surface area contributed by atoms with Crippen LogP contribution >= 0.6 is 11.3 Å². The Kier molecular flexibility index (Phi) is 3.12. The van der Waals surface area contributed by atoms with Crippen LogP contribution < -0.4 is 0 Å². The van der Waals surface area contributed by atoms with E-state index in [4.69, 9.17) is 5.11 Å². The Bertz CT molecular complexity index is 633. The van der Waals surface area contributed by atoms with Crippen LogP contribution in [0.5, 0.6) is 0 Å². The van der Waals surface area contributed by atoms with E-state index in [1.807, 2.05) is 18.4 Å². The Balaban J connectivity index is 2.60. The molecule has 0 spiro atoms. The molecule has 18 heavy (non-hydrogen) atoms. The van der Waals surface area contributed by atoms with Gasteiger partial charge in [0.25, 0.3) is 5.69 Å². The van der Waals surface area contributed by atoms with Crippen LogP contribution in [-0.2, 0) is 0 Å². The summed E-state index contributed by atoms with van der Waals surface area (Å²) in [5, 5.41) is 21.6. The SMILES string of the molecule is Cc1cc(-c2ccc(C(=O)O)cc2[N+](=O)[O-])cs1. The summed E-state index contributed by atoms with van der Waals surface area (Å²) in [6.45, 7) is 1.91. The number of aryl methyl sites for hydroxylation is 1. The average Bonchev–Trinajstić information content (AvgIpc) is 2.74. The predicted octanol–water partition coefficient (Wildman–Crippen LogP) is 3.33. The molecule has 92 valence electrons. The minimum absolute atomic E-state index is 0.0857. The molecule has 1 N–H and O–H groups in total. The number of rotatable bonds is 3. The summed E-state index contributed by atoms with van der Waals surface area (Å²) < 4.78 is 0. The van der Waals surface area contributed by atoms with Gasteiger partial charge in [-0.1, -0.05) is 0 Å². The number of aromatic carboxylic acids is 1. The normalized spacial score (nSPS) is 10.3. The van der Waals surface area contributed by atoms with Crippen LogP contribution in [0, 0.1) is 17.0 Å². The highest BCUT2D eigenvalue weighted by molar-refractivity contribution is 7.10. The maximum atomic E-state index is 11.0. The molecule has 0 radical (unpaired) electrons. The number of thiophene rings is 1. The van der Waals surface area contributed by atoms with Gasteiger partial charge in [0.05, 0.1) is 16.1 Å². The van der Waals surface area contributed by atoms with Gasteiger partial charge in [-0.25, -0.2) is 4.79 Å². The van der Waals surface area contributed by atoms with E-state index in [1.165, 1.54) is 23.5 Å². The fourth-order valence-electron chi connectivity index (χ4n) is 1.64. The van der Waals surface area contributed by atoms with E-state index in [2.05, 4.69) is 0 Å². The van der Waals surface area contributed by atoms with E-state index in [0.717, 1.165) is 16.5 Å². The lowest BCUT2D eigenvalue weighted by atomic mass is 10.0. The lowest BCUT2D eigenvalue weighted by Gasteiger charge is -2.02. The van der Waals surface area contributed by atoms with Crippen molar-refractivity contribution in [3.05, 3.63) is 50.2 Å². The van der Waals surface area contributed by atoms with Crippen LogP contribution in [0.3, 0.4) is 0 Å². The number of nitrogens with zero attached hydrogens (tertiary/aromatic N) is 1. The molecule has 0 saturated carbocycles. The van der Waals surface area contributed by atoms with Crippen molar-refractivity contribution in [2.75, 3.05) is 0 Å². The molecule has 2 aromatic rings.